The van der Waals surface area contributed by atoms with Gasteiger partial charge in [0.1, 0.15) is 0 Å². The molecule has 3 saturated carbocycles. The van der Waals surface area contributed by atoms with Crippen LogP contribution < -0.4 is 0 Å². The third kappa shape index (κ3) is 3.27. The summed E-state index contributed by atoms with van der Waals surface area (Å²) in [5, 5.41) is 21.1. The number of hydrogen-bond acceptors (Lipinski definition) is 4. The van der Waals surface area contributed by atoms with Crippen LogP contribution in [0.2, 0.25) is 0 Å². The lowest BCUT2D eigenvalue weighted by atomic mass is 9.35. The highest BCUT2D eigenvalue weighted by Gasteiger charge is 2.70. The predicted molar refractivity (Wildman–Crippen MR) is 151 cm³/mol. The number of hydrogen-bond donors (Lipinski definition) is 1. The van der Waals surface area contributed by atoms with Crippen molar-refractivity contribution in [2.24, 2.45) is 44.8 Å². The second-order valence-corrected chi connectivity index (χ2v) is 16.2. The summed E-state index contributed by atoms with van der Waals surface area (Å²) < 4.78 is 0. The average Bonchev–Trinajstić information content (AvgIpc) is 3.29. The van der Waals surface area contributed by atoms with Crippen molar-refractivity contribution < 1.29 is 14.7 Å². The largest absolute Gasteiger partial charge is 0.387 e. The van der Waals surface area contributed by atoms with E-state index in [1.54, 1.807) is 0 Å². The number of fused-ring (bicyclic) bond motifs is 7. The molecular formula is C34H48N2O3. The van der Waals surface area contributed by atoms with Crippen LogP contribution in [-0.4, -0.2) is 39.9 Å². The molecule has 0 spiro atoms. The van der Waals surface area contributed by atoms with Crippen LogP contribution in [0.25, 0.3) is 0 Å². The number of ketones is 1. The molecule has 0 aromatic rings. The molecule has 1 N–H and O–H groups in total. The molecule has 1 amide bonds. The number of carbonyl (C=O) groups excluding carboxylic acids is 2. The lowest BCUT2D eigenvalue weighted by Gasteiger charge is -2.70. The zero-order valence-electron chi connectivity index (χ0n) is 25.2. The molecule has 5 aliphatic carbocycles. The topological polar surface area (TPSA) is 81.4 Å². The van der Waals surface area contributed by atoms with Crippen LogP contribution in [0.3, 0.4) is 0 Å². The highest BCUT2D eigenvalue weighted by atomic mass is 16.3. The lowest BCUT2D eigenvalue weighted by Crippen LogP contribution is -2.70. The Morgan fingerprint density at radius 3 is 2.33 bits per heavy atom. The molecule has 212 valence electrons. The van der Waals surface area contributed by atoms with Crippen molar-refractivity contribution in [2.75, 3.05) is 6.54 Å². The fourth-order valence-electron chi connectivity index (χ4n) is 11.4. The number of nitrogens with zero attached hydrogens (tertiary/aromatic N) is 2. The number of carbonyl (C=O) groups is 2. The van der Waals surface area contributed by atoms with E-state index in [2.05, 4.69) is 59.4 Å². The van der Waals surface area contributed by atoms with E-state index >= 15 is 0 Å². The minimum Gasteiger partial charge on any atom is -0.387 e. The zero-order chi connectivity index (χ0) is 28.4. The molecule has 39 heavy (non-hydrogen) atoms. The molecule has 1 aliphatic heterocycles. The van der Waals surface area contributed by atoms with Gasteiger partial charge in [-0.1, -0.05) is 60.1 Å². The van der Waals surface area contributed by atoms with Crippen LogP contribution in [-0.2, 0) is 9.59 Å². The van der Waals surface area contributed by atoms with Gasteiger partial charge >= 0.3 is 0 Å². The number of amides is 1. The van der Waals surface area contributed by atoms with E-state index in [0.29, 0.717) is 17.9 Å². The molecule has 1 unspecified atom stereocenters. The number of nitriles is 1. The first-order valence-corrected chi connectivity index (χ1v) is 15.5. The van der Waals surface area contributed by atoms with Crippen LogP contribution in [0.5, 0.6) is 0 Å². The molecule has 1 saturated heterocycles. The van der Waals surface area contributed by atoms with Gasteiger partial charge in [0.15, 0.2) is 5.78 Å². The maximum atomic E-state index is 14.6. The molecule has 4 fully saturated rings. The Bertz CT molecular complexity index is 1240. The van der Waals surface area contributed by atoms with Gasteiger partial charge in [0, 0.05) is 29.8 Å². The fourth-order valence-corrected chi connectivity index (χ4v) is 11.4. The molecule has 6 aliphatic rings. The molecule has 1 heterocycles. The Balaban J connectivity index is 1.52. The summed E-state index contributed by atoms with van der Waals surface area (Å²) >= 11 is 0. The second-order valence-electron chi connectivity index (χ2n) is 16.2. The first-order chi connectivity index (χ1) is 18.1. The van der Waals surface area contributed by atoms with E-state index in [4.69, 9.17) is 0 Å². The Hall–Kier alpha value is -1.93. The quantitative estimate of drug-likeness (QED) is 0.425. The van der Waals surface area contributed by atoms with Gasteiger partial charge in [-0.25, -0.2) is 0 Å². The summed E-state index contributed by atoms with van der Waals surface area (Å²) in [4.78, 5) is 30.1. The highest BCUT2D eigenvalue weighted by Crippen LogP contribution is 2.74. The zero-order valence-corrected chi connectivity index (χ0v) is 25.2. The average molecular weight is 533 g/mol. The molecule has 0 aromatic carbocycles. The van der Waals surface area contributed by atoms with Crippen LogP contribution >= 0.6 is 0 Å². The van der Waals surface area contributed by atoms with E-state index in [1.165, 1.54) is 5.57 Å². The molecule has 5 nitrogen and oxygen atoms in total. The molecule has 8 atom stereocenters. The van der Waals surface area contributed by atoms with Gasteiger partial charge in [0.25, 0.3) is 0 Å². The summed E-state index contributed by atoms with van der Waals surface area (Å²) in [5.74, 6) is 0.752. The van der Waals surface area contributed by atoms with Crippen molar-refractivity contribution in [2.45, 2.75) is 118 Å². The third-order valence-electron chi connectivity index (χ3n) is 13.6. The Kier molecular flexibility index (Phi) is 5.65. The van der Waals surface area contributed by atoms with Crippen LogP contribution in [0.15, 0.2) is 23.3 Å². The summed E-state index contributed by atoms with van der Waals surface area (Å²) in [5.41, 5.74) is 0.269. The Morgan fingerprint density at radius 1 is 1.00 bits per heavy atom. The summed E-state index contributed by atoms with van der Waals surface area (Å²) in [7, 11) is 0. The van der Waals surface area contributed by atoms with Gasteiger partial charge in [-0.05, 0) is 90.9 Å². The normalized spacial score (nSPS) is 48.1. The summed E-state index contributed by atoms with van der Waals surface area (Å²) in [6.45, 7) is 16.7. The number of aliphatic hydroxyl groups excluding tert-OH is 1. The van der Waals surface area contributed by atoms with Gasteiger partial charge in [0.2, 0.25) is 5.91 Å². The van der Waals surface area contributed by atoms with Gasteiger partial charge in [0.05, 0.1) is 17.7 Å². The monoisotopic (exact) mass is 532 g/mol. The third-order valence-corrected chi connectivity index (χ3v) is 13.6. The lowest BCUT2D eigenvalue weighted by molar-refractivity contribution is -0.182. The first-order valence-electron chi connectivity index (χ1n) is 15.5. The maximum absolute atomic E-state index is 14.6. The van der Waals surface area contributed by atoms with E-state index in [9.17, 15) is 20.0 Å². The van der Waals surface area contributed by atoms with E-state index in [0.717, 1.165) is 57.9 Å². The standard InChI is InChI=1S/C34H48N2O3/c1-29(2)12-14-34(36-16-8-9-26(36)38)15-13-33(7)27(22(34)19-29)23(37)17-25-31(5)18-21(20-35)28(39)30(3,4)24(31)10-11-32(25,33)6/h17-18,22,24,27-28,39H,8-16,19H2,1-7H3/t22-,24-,27-,28?,31-,32+,33+,34-/m0/s1. The molecule has 0 aromatic heterocycles. The maximum Gasteiger partial charge on any atom is 0.223 e. The Morgan fingerprint density at radius 2 is 1.69 bits per heavy atom. The van der Waals surface area contributed by atoms with Crippen molar-refractivity contribution in [3.63, 3.8) is 0 Å². The molecule has 0 radical (unpaired) electrons. The minimum absolute atomic E-state index is 0.102. The van der Waals surface area contributed by atoms with Gasteiger partial charge < -0.3 is 10.0 Å². The number of likely N-dealkylation sites (tertiary alicyclic amines) is 1. The van der Waals surface area contributed by atoms with Gasteiger partial charge in [-0.15, -0.1) is 0 Å². The molecule has 5 heteroatoms. The number of rotatable bonds is 1. The van der Waals surface area contributed by atoms with Crippen molar-refractivity contribution in [3.05, 3.63) is 23.3 Å². The molecule has 6 rings (SSSR count). The van der Waals surface area contributed by atoms with Crippen molar-refractivity contribution >= 4 is 11.7 Å². The van der Waals surface area contributed by atoms with E-state index < -0.39 is 16.9 Å². The second kappa shape index (κ2) is 8.09. The smallest absolute Gasteiger partial charge is 0.223 e. The summed E-state index contributed by atoms with van der Waals surface area (Å²) in [6.07, 6.45) is 11.8. The molecular weight excluding hydrogens is 484 g/mol. The van der Waals surface area contributed by atoms with Crippen LogP contribution in [0, 0.1) is 56.2 Å². The first kappa shape index (κ1) is 27.3. The van der Waals surface area contributed by atoms with Gasteiger partial charge in [-0.3, -0.25) is 9.59 Å². The van der Waals surface area contributed by atoms with Crippen molar-refractivity contribution in [3.8, 4) is 6.07 Å². The van der Waals surface area contributed by atoms with Crippen LogP contribution in [0.1, 0.15) is 106 Å². The Labute approximate surface area is 235 Å². The predicted octanol–water partition coefficient (Wildman–Crippen LogP) is 6.37. The summed E-state index contributed by atoms with van der Waals surface area (Å²) in [6, 6.07) is 2.30. The van der Waals surface area contributed by atoms with E-state index in [-0.39, 0.29) is 45.3 Å². The highest BCUT2D eigenvalue weighted by molar-refractivity contribution is 5.96. The number of aliphatic hydroxyl groups is 1. The number of allylic oxidation sites excluding steroid dienone is 3. The fraction of sp³-hybridized carbons (Fsp3) is 0.794. The van der Waals surface area contributed by atoms with E-state index in [1.807, 2.05) is 12.2 Å². The van der Waals surface area contributed by atoms with Crippen molar-refractivity contribution in [1.82, 2.24) is 4.90 Å². The van der Waals surface area contributed by atoms with Gasteiger partial charge in [-0.2, -0.15) is 5.26 Å². The minimum atomic E-state index is -0.786. The molecule has 0 bridgehead atoms. The van der Waals surface area contributed by atoms with Crippen LogP contribution in [0.4, 0.5) is 0 Å². The SMILES string of the molecule is CC1(C)CC[C@]2(N3CCCC3=O)CC[C@]3(C)[C@H](C(=O)C=C4[C@@]5(C)C=C(C#N)C(O)C(C)(C)[C@@H]5CC[C@]43C)[C@@H]2C1. The van der Waals surface area contributed by atoms with Crippen molar-refractivity contribution in [1.29, 1.82) is 5.26 Å².